The predicted molar refractivity (Wildman–Crippen MR) is 64.7 cm³/mol. The van der Waals surface area contributed by atoms with Gasteiger partial charge in [0.1, 0.15) is 0 Å². The molecule has 0 radical (unpaired) electrons. The van der Waals surface area contributed by atoms with E-state index in [-0.39, 0.29) is 19.3 Å². The van der Waals surface area contributed by atoms with Crippen molar-refractivity contribution in [3.8, 4) is 0 Å². The molecule has 0 aliphatic carbocycles. The van der Waals surface area contributed by atoms with E-state index in [2.05, 4.69) is 5.32 Å². The first-order valence-corrected chi connectivity index (χ1v) is 6.16. The molecule has 110 valence electrons. The van der Waals surface area contributed by atoms with Crippen molar-refractivity contribution in [1.82, 2.24) is 5.32 Å². The Bertz CT molecular complexity index is 220. The molecule has 1 unspecified atom stereocenters. The molecular formula is C12H24F3NO2. The van der Waals surface area contributed by atoms with E-state index in [9.17, 15) is 13.2 Å². The van der Waals surface area contributed by atoms with Crippen LogP contribution in [0.4, 0.5) is 13.2 Å². The maximum Gasteiger partial charge on any atom is 0.391 e. The van der Waals surface area contributed by atoms with Crippen LogP contribution in [0, 0.1) is 0 Å². The summed E-state index contributed by atoms with van der Waals surface area (Å²) >= 11 is 0. The standard InChI is InChI=1S/C12H24F3NO2/c1-5-7-16-10(11(2,3)17-4)9-18-8-6-12(13,14)15/h10,16H,5-9H2,1-4H3. The van der Waals surface area contributed by atoms with Crippen molar-refractivity contribution < 1.29 is 22.6 Å². The molecule has 0 aromatic carbocycles. The number of hydrogen-bond donors (Lipinski definition) is 1. The Morgan fingerprint density at radius 1 is 1.22 bits per heavy atom. The van der Waals surface area contributed by atoms with Crippen LogP contribution in [0.1, 0.15) is 33.6 Å². The predicted octanol–water partition coefficient (Wildman–Crippen LogP) is 2.75. The zero-order chi connectivity index (χ0) is 14.2. The molecule has 0 aliphatic heterocycles. The van der Waals surface area contributed by atoms with Crippen LogP contribution < -0.4 is 5.32 Å². The average Bonchev–Trinajstić information content (AvgIpc) is 2.26. The summed E-state index contributed by atoms with van der Waals surface area (Å²) < 4.78 is 46.3. The average molecular weight is 271 g/mol. The highest BCUT2D eigenvalue weighted by molar-refractivity contribution is 4.85. The van der Waals surface area contributed by atoms with Gasteiger partial charge in [0.25, 0.3) is 0 Å². The van der Waals surface area contributed by atoms with Crippen molar-refractivity contribution in [2.75, 3.05) is 26.9 Å². The summed E-state index contributed by atoms with van der Waals surface area (Å²) in [7, 11) is 1.58. The number of ether oxygens (including phenoxy) is 2. The fourth-order valence-electron chi connectivity index (χ4n) is 1.36. The lowest BCUT2D eigenvalue weighted by Gasteiger charge is -2.33. The molecular weight excluding hydrogens is 247 g/mol. The Balaban J connectivity index is 4.09. The number of nitrogens with one attached hydrogen (secondary N) is 1. The Morgan fingerprint density at radius 3 is 2.28 bits per heavy atom. The van der Waals surface area contributed by atoms with Crippen LogP contribution in [0.2, 0.25) is 0 Å². The number of rotatable bonds is 9. The van der Waals surface area contributed by atoms with Crippen molar-refractivity contribution in [3.05, 3.63) is 0 Å². The Labute approximate surface area is 107 Å². The van der Waals surface area contributed by atoms with Crippen LogP contribution in [0.25, 0.3) is 0 Å². The molecule has 0 aromatic rings. The summed E-state index contributed by atoms with van der Waals surface area (Å²) in [5, 5.41) is 3.23. The minimum absolute atomic E-state index is 0.129. The van der Waals surface area contributed by atoms with Crippen LogP contribution in [-0.2, 0) is 9.47 Å². The van der Waals surface area contributed by atoms with Crippen molar-refractivity contribution in [1.29, 1.82) is 0 Å². The van der Waals surface area contributed by atoms with Gasteiger partial charge in [0.15, 0.2) is 0 Å². The number of methoxy groups -OCH3 is 1. The quantitative estimate of drug-likeness (QED) is 0.654. The smallest absolute Gasteiger partial charge is 0.379 e. The highest BCUT2D eigenvalue weighted by Crippen LogP contribution is 2.20. The van der Waals surface area contributed by atoms with E-state index in [1.54, 1.807) is 7.11 Å². The van der Waals surface area contributed by atoms with Gasteiger partial charge in [-0.3, -0.25) is 0 Å². The monoisotopic (exact) mass is 271 g/mol. The van der Waals surface area contributed by atoms with Crippen LogP contribution >= 0.6 is 0 Å². The van der Waals surface area contributed by atoms with Crippen molar-refractivity contribution in [3.63, 3.8) is 0 Å². The van der Waals surface area contributed by atoms with E-state index < -0.39 is 18.2 Å². The number of hydrogen-bond acceptors (Lipinski definition) is 3. The molecule has 0 saturated carbocycles. The second-order valence-corrected chi connectivity index (χ2v) is 4.75. The Morgan fingerprint density at radius 2 is 1.83 bits per heavy atom. The molecule has 0 aromatic heterocycles. The van der Waals surface area contributed by atoms with E-state index in [1.807, 2.05) is 20.8 Å². The summed E-state index contributed by atoms with van der Waals surface area (Å²) in [6, 6.07) is -0.129. The normalized spacial score (nSPS) is 14.8. The molecule has 0 fully saturated rings. The zero-order valence-corrected chi connectivity index (χ0v) is 11.6. The van der Waals surface area contributed by atoms with Gasteiger partial charge < -0.3 is 14.8 Å². The third-order valence-electron chi connectivity index (χ3n) is 2.82. The van der Waals surface area contributed by atoms with Gasteiger partial charge in [-0.15, -0.1) is 0 Å². The third kappa shape index (κ3) is 7.89. The fourth-order valence-corrected chi connectivity index (χ4v) is 1.36. The molecule has 0 saturated heterocycles. The molecule has 0 aliphatic rings. The Kier molecular flexibility index (Phi) is 7.82. The highest BCUT2D eigenvalue weighted by atomic mass is 19.4. The third-order valence-corrected chi connectivity index (χ3v) is 2.82. The number of halogens is 3. The van der Waals surface area contributed by atoms with Crippen LogP contribution in [0.15, 0.2) is 0 Å². The number of alkyl halides is 3. The summed E-state index contributed by atoms with van der Waals surface area (Å²) in [6.07, 6.45) is -4.14. The Hall–Kier alpha value is -0.330. The lowest BCUT2D eigenvalue weighted by atomic mass is 9.99. The topological polar surface area (TPSA) is 30.5 Å². The van der Waals surface area contributed by atoms with Gasteiger partial charge >= 0.3 is 6.18 Å². The molecule has 0 amide bonds. The maximum atomic E-state index is 12.0. The first-order valence-electron chi connectivity index (χ1n) is 6.16. The summed E-state index contributed by atoms with van der Waals surface area (Å²) in [6.45, 7) is 6.46. The van der Waals surface area contributed by atoms with Gasteiger partial charge in [-0.05, 0) is 26.8 Å². The van der Waals surface area contributed by atoms with Crippen LogP contribution in [0.3, 0.4) is 0 Å². The summed E-state index contributed by atoms with van der Waals surface area (Å²) in [5.74, 6) is 0. The lowest BCUT2D eigenvalue weighted by molar-refractivity contribution is -0.147. The summed E-state index contributed by atoms with van der Waals surface area (Å²) in [5.41, 5.74) is -0.479. The molecule has 6 heteroatoms. The van der Waals surface area contributed by atoms with E-state index in [0.29, 0.717) is 0 Å². The first kappa shape index (κ1) is 17.7. The highest BCUT2D eigenvalue weighted by Gasteiger charge is 2.30. The van der Waals surface area contributed by atoms with Crippen LogP contribution in [0.5, 0.6) is 0 Å². The lowest BCUT2D eigenvalue weighted by Crippen LogP contribution is -2.51. The molecule has 0 spiro atoms. The van der Waals surface area contributed by atoms with Crippen molar-refractivity contribution >= 4 is 0 Å². The van der Waals surface area contributed by atoms with E-state index >= 15 is 0 Å². The SMILES string of the molecule is CCCNC(COCCC(F)(F)F)C(C)(C)OC. The van der Waals surface area contributed by atoms with Gasteiger partial charge in [0, 0.05) is 7.11 Å². The molecule has 18 heavy (non-hydrogen) atoms. The second kappa shape index (κ2) is 7.96. The van der Waals surface area contributed by atoms with E-state index in [0.717, 1.165) is 13.0 Å². The van der Waals surface area contributed by atoms with Crippen molar-refractivity contribution in [2.45, 2.75) is 51.4 Å². The molecule has 3 nitrogen and oxygen atoms in total. The second-order valence-electron chi connectivity index (χ2n) is 4.75. The van der Waals surface area contributed by atoms with Gasteiger partial charge in [0.05, 0.1) is 31.3 Å². The van der Waals surface area contributed by atoms with E-state index in [4.69, 9.17) is 9.47 Å². The molecule has 0 bridgehead atoms. The van der Waals surface area contributed by atoms with E-state index in [1.165, 1.54) is 0 Å². The summed E-state index contributed by atoms with van der Waals surface area (Å²) in [4.78, 5) is 0. The zero-order valence-electron chi connectivity index (χ0n) is 11.6. The molecule has 0 heterocycles. The van der Waals surface area contributed by atoms with Crippen molar-refractivity contribution in [2.24, 2.45) is 0 Å². The molecule has 1 atom stereocenters. The van der Waals surface area contributed by atoms with Gasteiger partial charge in [-0.25, -0.2) is 0 Å². The minimum atomic E-state index is -4.16. The van der Waals surface area contributed by atoms with Crippen LogP contribution in [-0.4, -0.2) is 44.7 Å². The minimum Gasteiger partial charge on any atom is -0.379 e. The fraction of sp³-hybridized carbons (Fsp3) is 1.00. The van der Waals surface area contributed by atoms with Gasteiger partial charge in [-0.2, -0.15) is 13.2 Å². The molecule has 0 rings (SSSR count). The maximum absolute atomic E-state index is 12.0. The first-order chi connectivity index (χ1) is 8.23. The van der Waals surface area contributed by atoms with Gasteiger partial charge in [0.2, 0.25) is 0 Å². The van der Waals surface area contributed by atoms with Gasteiger partial charge in [-0.1, -0.05) is 6.92 Å². The largest absolute Gasteiger partial charge is 0.391 e. The molecule has 1 N–H and O–H groups in total.